The van der Waals surface area contributed by atoms with Gasteiger partial charge in [-0.05, 0) is 71.2 Å². The SMILES string of the molecule is CN(C(=O)O)[C@@H](C(=O)N1CCC[C@H]1c1ncc(-c2ccc(-c3ccc(-c4cnc([C@@H]5CCCN5C(=O)Cc5ccncc5)[nH]4)cc3)cc2)[nH]1)c1ccccc1. The molecule has 3 atom stereocenters. The molecule has 55 heavy (non-hydrogen) atoms. The van der Waals surface area contributed by atoms with Crippen LogP contribution >= 0.6 is 0 Å². The van der Waals surface area contributed by atoms with Crippen LogP contribution in [0.1, 0.15) is 66.6 Å². The first-order chi connectivity index (χ1) is 26.8. The third kappa shape index (κ3) is 7.35. The molecule has 12 heteroatoms. The number of pyridine rings is 1. The normalized spacial score (nSPS) is 17.3. The van der Waals surface area contributed by atoms with E-state index >= 15 is 0 Å². The van der Waals surface area contributed by atoms with Crippen LogP contribution in [0.2, 0.25) is 0 Å². The maximum atomic E-state index is 13.9. The zero-order chi connectivity index (χ0) is 37.9. The summed E-state index contributed by atoms with van der Waals surface area (Å²) >= 11 is 0. The Morgan fingerprint density at radius 3 is 1.78 bits per heavy atom. The van der Waals surface area contributed by atoms with E-state index in [0.29, 0.717) is 24.4 Å². The minimum Gasteiger partial charge on any atom is -0.465 e. The molecule has 3 amide bonds. The summed E-state index contributed by atoms with van der Waals surface area (Å²) in [4.78, 5) is 64.2. The van der Waals surface area contributed by atoms with Crippen molar-refractivity contribution in [1.29, 1.82) is 0 Å². The number of likely N-dealkylation sites (tertiary alicyclic amines) is 2. The third-order valence-electron chi connectivity index (χ3n) is 10.8. The highest BCUT2D eigenvalue weighted by Crippen LogP contribution is 2.36. The van der Waals surface area contributed by atoms with Gasteiger partial charge in [0.05, 0.1) is 42.3 Å². The molecule has 2 saturated heterocycles. The first kappa shape index (κ1) is 35.5. The van der Waals surface area contributed by atoms with Crippen molar-refractivity contribution in [2.45, 2.75) is 50.2 Å². The number of carboxylic acid groups (broad SMARTS) is 1. The predicted octanol–water partition coefficient (Wildman–Crippen LogP) is 7.45. The second-order valence-corrected chi connectivity index (χ2v) is 14.2. The molecule has 0 saturated carbocycles. The third-order valence-corrected chi connectivity index (χ3v) is 10.8. The fraction of sp³-hybridized carbons (Fsp3) is 0.256. The summed E-state index contributed by atoms with van der Waals surface area (Å²) in [6, 6.07) is 28.1. The number of aromatic nitrogens is 5. The van der Waals surface area contributed by atoms with Gasteiger partial charge < -0.3 is 24.9 Å². The zero-order valence-electron chi connectivity index (χ0n) is 30.5. The summed E-state index contributed by atoms with van der Waals surface area (Å²) < 4.78 is 0. The highest BCUT2D eigenvalue weighted by atomic mass is 16.4. The van der Waals surface area contributed by atoms with Gasteiger partial charge in [-0.1, -0.05) is 78.9 Å². The number of imidazole rings is 2. The molecule has 0 bridgehead atoms. The molecule has 0 unspecified atom stereocenters. The van der Waals surface area contributed by atoms with E-state index in [1.807, 2.05) is 41.4 Å². The number of carbonyl (C=O) groups excluding carboxylic acids is 2. The largest absolute Gasteiger partial charge is 0.465 e. The Kier molecular flexibility index (Phi) is 9.95. The van der Waals surface area contributed by atoms with E-state index in [0.717, 1.165) is 82.2 Å². The average molecular weight is 735 g/mol. The van der Waals surface area contributed by atoms with Gasteiger partial charge in [-0.15, -0.1) is 0 Å². The molecule has 0 aliphatic carbocycles. The first-order valence-corrected chi connectivity index (χ1v) is 18.6. The summed E-state index contributed by atoms with van der Waals surface area (Å²) in [6.45, 7) is 1.25. The molecule has 6 aromatic rings. The number of hydrogen-bond acceptors (Lipinski definition) is 6. The van der Waals surface area contributed by atoms with Crippen molar-refractivity contribution < 1.29 is 19.5 Å². The van der Waals surface area contributed by atoms with Crippen LogP contribution in [0.4, 0.5) is 4.79 Å². The topological polar surface area (TPSA) is 151 Å². The highest BCUT2D eigenvalue weighted by molar-refractivity contribution is 5.87. The van der Waals surface area contributed by atoms with Crippen molar-refractivity contribution in [2.75, 3.05) is 20.1 Å². The fourth-order valence-corrected chi connectivity index (χ4v) is 7.87. The molecule has 0 radical (unpaired) electrons. The monoisotopic (exact) mass is 734 g/mol. The van der Waals surface area contributed by atoms with Gasteiger partial charge in [0.25, 0.3) is 5.91 Å². The molecule has 5 heterocycles. The van der Waals surface area contributed by atoms with Crippen molar-refractivity contribution in [2.24, 2.45) is 0 Å². The highest BCUT2D eigenvalue weighted by Gasteiger charge is 2.39. The lowest BCUT2D eigenvalue weighted by Crippen LogP contribution is -2.43. The number of carbonyl (C=O) groups is 3. The van der Waals surface area contributed by atoms with E-state index in [1.54, 1.807) is 35.6 Å². The Bertz CT molecular complexity index is 2270. The first-order valence-electron chi connectivity index (χ1n) is 18.6. The lowest BCUT2D eigenvalue weighted by Gasteiger charge is -2.32. The van der Waals surface area contributed by atoms with Crippen molar-refractivity contribution in [3.8, 4) is 33.6 Å². The standard InChI is InChI=1S/C43H42N8O4/c1-49(43(54)55)39(33-7-3-2-4-8-33)42(53)51-24-6-10-37(51)41-46-27-35(48-41)32-17-13-30(14-18-32)29-11-15-31(16-12-29)34-26-45-40(47-34)36-9-5-23-50(36)38(52)25-28-19-21-44-22-20-28/h2-4,7-8,11-22,26-27,36-37,39H,5-6,9-10,23-25H2,1H3,(H,45,47)(H,46,48)(H,54,55)/t36-,37-,39+/m0/s1. The predicted molar refractivity (Wildman–Crippen MR) is 207 cm³/mol. The molecular weight excluding hydrogens is 693 g/mol. The van der Waals surface area contributed by atoms with E-state index in [2.05, 4.69) is 68.5 Å². The number of likely N-dealkylation sites (N-methyl/N-ethyl adjacent to an activating group) is 1. The Labute approximate surface area is 318 Å². The molecule has 8 rings (SSSR count). The number of amides is 3. The molecule has 0 spiro atoms. The Hall–Kier alpha value is -6.56. The number of nitrogens with one attached hydrogen (secondary N) is 2. The number of benzene rings is 3. The summed E-state index contributed by atoms with van der Waals surface area (Å²) in [5, 5.41) is 9.78. The van der Waals surface area contributed by atoms with Crippen molar-refractivity contribution in [1.82, 2.24) is 39.6 Å². The van der Waals surface area contributed by atoms with Crippen LogP contribution in [0.25, 0.3) is 33.6 Å². The van der Waals surface area contributed by atoms with E-state index in [9.17, 15) is 19.5 Å². The van der Waals surface area contributed by atoms with Gasteiger partial charge in [0.15, 0.2) is 0 Å². The molecule has 278 valence electrons. The van der Waals surface area contributed by atoms with E-state index in [-0.39, 0.29) is 23.9 Å². The molecule has 2 aliphatic rings. The summed E-state index contributed by atoms with van der Waals surface area (Å²) in [5.74, 6) is 1.34. The van der Waals surface area contributed by atoms with Gasteiger partial charge in [-0.25, -0.2) is 14.8 Å². The van der Waals surface area contributed by atoms with Gasteiger partial charge in [0.1, 0.15) is 17.7 Å². The van der Waals surface area contributed by atoms with Crippen LogP contribution in [0.15, 0.2) is 116 Å². The number of aromatic amines is 2. The average Bonchev–Trinajstić information content (AvgIpc) is 4.06. The van der Waals surface area contributed by atoms with Crippen molar-refractivity contribution >= 4 is 17.9 Å². The summed E-state index contributed by atoms with van der Waals surface area (Å²) in [5.41, 5.74) is 7.46. The Balaban J connectivity index is 0.927. The second-order valence-electron chi connectivity index (χ2n) is 14.2. The minimum atomic E-state index is -1.16. The molecule has 12 nitrogen and oxygen atoms in total. The molecule has 2 fully saturated rings. The van der Waals surface area contributed by atoms with Crippen LogP contribution in [-0.4, -0.2) is 82.8 Å². The van der Waals surface area contributed by atoms with Gasteiger partial charge in [0.2, 0.25) is 5.91 Å². The number of hydrogen-bond donors (Lipinski definition) is 3. The van der Waals surface area contributed by atoms with Crippen LogP contribution in [0.5, 0.6) is 0 Å². The summed E-state index contributed by atoms with van der Waals surface area (Å²) in [7, 11) is 1.43. The maximum Gasteiger partial charge on any atom is 0.407 e. The lowest BCUT2D eigenvalue weighted by molar-refractivity contribution is -0.137. The lowest BCUT2D eigenvalue weighted by atomic mass is 10.0. The Morgan fingerprint density at radius 1 is 0.727 bits per heavy atom. The molecule has 3 aromatic heterocycles. The fourth-order valence-electron chi connectivity index (χ4n) is 7.87. The smallest absolute Gasteiger partial charge is 0.407 e. The molecule has 3 N–H and O–H groups in total. The van der Waals surface area contributed by atoms with Gasteiger partial charge in [-0.3, -0.25) is 19.5 Å². The number of H-pyrrole nitrogens is 2. The van der Waals surface area contributed by atoms with Gasteiger partial charge in [-0.2, -0.15) is 0 Å². The van der Waals surface area contributed by atoms with Gasteiger partial charge >= 0.3 is 6.09 Å². The molecular formula is C43H42N8O4. The number of rotatable bonds is 10. The minimum absolute atomic E-state index is 0.0655. The number of nitrogens with zero attached hydrogens (tertiary/aromatic N) is 6. The van der Waals surface area contributed by atoms with E-state index in [4.69, 9.17) is 4.98 Å². The Morgan fingerprint density at radius 2 is 1.24 bits per heavy atom. The van der Waals surface area contributed by atoms with Crippen LogP contribution in [-0.2, 0) is 16.0 Å². The second kappa shape index (κ2) is 15.4. The van der Waals surface area contributed by atoms with Crippen LogP contribution in [0.3, 0.4) is 0 Å². The van der Waals surface area contributed by atoms with Gasteiger partial charge in [0, 0.05) is 32.5 Å². The summed E-state index contributed by atoms with van der Waals surface area (Å²) in [6.07, 6.45) is 9.61. The van der Waals surface area contributed by atoms with E-state index in [1.165, 1.54) is 7.05 Å². The van der Waals surface area contributed by atoms with E-state index < -0.39 is 12.1 Å². The molecule has 3 aromatic carbocycles. The van der Waals surface area contributed by atoms with Crippen LogP contribution < -0.4 is 0 Å². The quantitative estimate of drug-likeness (QED) is 0.132. The maximum absolute atomic E-state index is 13.9. The van der Waals surface area contributed by atoms with Crippen molar-refractivity contribution in [3.05, 3.63) is 139 Å². The van der Waals surface area contributed by atoms with Crippen molar-refractivity contribution in [3.63, 3.8) is 0 Å². The zero-order valence-corrected chi connectivity index (χ0v) is 30.5. The van der Waals surface area contributed by atoms with Crippen LogP contribution in [0, 0.1) is 0 Å². The molecule has 2 aliphatic heterocycles.